The Kier molecular flexibility index (Phi) is 7.38. The lowest BCUT2D eigenvalue weighted by Gasteiger charge is -2.30. The van der Waals surface area contributed by atoms with Gasteiger partial charge in [0.05, 0.1) is 12.9 Å². The molecule has 1 saturated carbocycles. The number of ether oxygens (including phenoxy) is 2. The van der Waals surface area contributed by atoms with Crippen LogP contribution in [-0.2, 0) is 25.5 Å². The fraction of sp³-hybridized carbons (Fsp3) is 0.423. The quantitative estimate of drug-likeness (QED) is 0.125. The molecule has 5 rings (SSSR count). The summed E-state index contributed by atoms with van der Waals surface area (Å²) in [7, 11) is 0. The number of aliphatic hydroxyl groups excluding tert-OH is 1. The molecule has 0 bridgehead atoms. The molecule has 2 aliphatic rings. The van der Waals surface area contributed by atoms with Gasteiger partial charge in [0.2, 0.25) is 5.28 Å². The van der Waals surface area contributed by atoms with Gasteiger partial charge in [-0.3, -0.25) is 4.57 Å². The van der Waals surface area contributed by atoms with Gasteiger partial charge in [-0.25, -0.2) is 14.6 Å². The maximum atomic E-state index is 12.2. The molecule has 14 heteroatoms. The number of aliphatic carboxylic acids is 2. The average Bonchev–Trinajstić information content (AvgIpc) is 3.62. The van der Waals surface area contributed by atoms with Crippen LogP contribution in [0.15, 0.2) is 36.7 Å². The third-order valence-electron chi connectivity index (χ3n) is 7.14. The van der Waals surface area contributed by atoms with Gasteiger partial charge in [-0.05, 0) is 35.9 Å². The van der Waals surface area contributed by atoms with Crippen molar-refractivity contribution >= 4 is 40.5 Å². The topological polar surface area (TPSA) is 189 Å². The summed E-state index contributed by atoms with van der Waals surface area (Å²) in [5.41, 5.74) is -4.22. The first kappa shape index (κ1) is 27.8. The van der Waals surface area contributed by atoms with E-state index in [4.69, 9.17) is 27.5 Å². The van der Waals surface area contributed by atoms with Crippen LogP contribution in [0.4, 0.5) is 5.82 Å². The van der Waals surface area contributed by atoms with E-state index in [1.165, 1.54) is 10.9 Å². The predicted octanol–water partition coefficient (Wildman–Crippen LogP) is 1.09. The Labute approximate surface area is 232 Å². The number of terminal acetylenes is 1. The van der Waals surface area contributed by atoms with Gasteiger partial charge in [0, 0.05) is 13.0 Å². The number of halogens is 1. The van der Waals surface area contributed by atoms with Crippen LogP contribution in [0.3, 0.4) is 0 Å². The first-order valence-electron chi connectivity index (χ1n) is 12.4. The number of benzene rings is 1. The number of fused-ring (bicyclic) bond motifs is 1. The minimum Gasteiger partial charge on any atom is -0.479 e. The molecule has 0 unspecified atom stereocenters. The number of hydrogen-bond donors (Lipinski definition) is 5. The van der Waals surface area contributed by atoms with Crippen LogP contribution in [-0.4, -0.2) is 88.4 Å². The standard InChI is InChI=1S/C26H26ClN5O8/c1-2-25(38)16(12-39-26(22(34)35,23(36)37)10-14-6-4-3-5-7-14)40-21(18(25)33)32-13-29-17-19(28-11-15-8-9-15)30-24(27)31-20(17)32/h1,3-7,13,15-16,18,21,33,38H,8-12H2,(H,34,35)(H,36,37)(H,28,30,31)/t16-,18+,21-,25-/m1/s1. The number of aromatic nitrogens is 4. The number of aliphatic hydroxyl groups is 2. The second-order valence-electron chi connectivity index (χ2n) is 9.83. The molecule has 3 aromatic rings. The van der Waals surface area contributed by atoms with Crippen molar-refractivity contribution in [1.82, 2.24) is 19.5 Å². The zero-order chi connectivity index (χ0) is 28.7. The summed E-state index contributed by atoms with van der Waals surface area (Å²) < 4.78 is 12.6. The number of hydrogen-bond acceptors (Lipinski definition) is 10. The Balaban J connectivity index is 1.42. The van der Waals surface area contributed by atoms with Gasteiger partial charge in [0.15, 0.2) is 28.8 Å². The second kappa shape index (κ2) is 10.6. The van der Waals surface area contributed by atoms with E-state index in [2.05, 4.69) is 26.2 Å². The number of rotatable bonds is 11. The summed E-state index contributed by atoms with van der Waals surface area (Å²) in [4.78, 5) is 37.1. The van der Waals surface area contributed by atoms with Gasteiger partial charge in [0.1, 0.15) is 12.2 Å². The first-order chi connectivity index (χ1) is 19.1. The molecule has 1 saturated heterocycles. The Morgan fingerprint density at radius 3 is 2.58 bits per heavy atom. The fourth-order valence-corrected chi connectivity index (χ4v) is 4.76. The Morgan fingerprint density at radius 1 is 1.25 bits per heavy atom. The summed E-state index contributed by atoms with van der Waals surface area (Å²) in [6.45, 7) is -0.109. The third-order valence-corrected chi connectivity index (χ3v) is 7.31. The molecule has 0 spiro atoms. The monoisotopic (exact) mass is 571 g/mol. The molecule has 210 valence electrons. The minimum absolute atomic E-state index is 0.0965. The van der Waals surface area contributed by atoms with Gasteiger partial charge in [-0.1, -0.05) is 36.3 Å². The average molecular weight is 572 g/mol. The summed E-state index contributed by atoms with van der Waals surface area (Å²) in [5, 5.41) is 45.1. The molecule has 0 radical (unpaired) electrons. The molecule has 1 aromatic carbocycles. The Morgan fingerprint density at radius 2 is 1.95 bits per heavy atom. The SMILES string of the molecule is C#C[C@@]1(O)[C@@H](COC(Cc2ccccc2)(C(=O)O)C(=O)O)O[C@@H](n2cnc3c(NCC4CC4)nc(Cl)nc32)[C@@H]1O. The lowest BCUT2D eigenvalue weighted by atomic mass is 9.92. The van der Waals surface area contributed by atoms with Crippen LogP contribution in [0.5, 0.6) is 0 Å². The molecule has 1 aliphatic carbocycles. The smallest absolute Gasteiger partial charge is 0.348 e. The normalized spacial score (nSPS) is 24.6. The van der Waals surface area contributed by atoms with Crippen molar-refractivity contribution in [2.75, 3.05) is 18.5 Å². The van der Waals surface area contributed by atoms with E-state index in [0.717, 1.165) is 12.8 Å². The summed E-state index contributed by atoms with van der Waals surface area (Å²) in [5.74, 6) is -0.524. The Hall–Kier alpha value is -3.80. The summed E-state index contributed by atoms with van der Waals surface area (Å²) in [6.07, 6.45) is 3.91. The molecule has 13 nitrogen and oxygen atoms in total. The van der Waals surface area contributed by atoms with E-state index in [-0.39, 0.29) is 10.9 Å². The lowest BCUT2D eigenvalue weighted by molar-refractivity contribution is -0.191. The number of nitrogens with one attached hydrogen (secondary N) is 1. The maximum Gasteiger partial charge on any atom is 0.348 e. The first-order valence-corrected chi connectivity index (χ1v) is 12.8. The number of carbonyl (C=O) groups is 2. The highest BCUT2D eigenvalue weighted by molar-refractivity contribution is 6.28. The van der Waals surface area contributed by atoms with Gasteiger partial charge >= 0.3 is 11.9 Å². The zero-order valence-electron chi connectivity index (χ0n) is 21.0. The van der Waals surface area contributed by atoms with Crippen LogP contribution >= 0.6 is 11.6 Å². The third kappa shape index (κ3) is 4.96. The summed E-state index contributed by atoms with van der Waals surface area (Å²) >= 11 is 6.14. The van der Waals surface area contributed by atoms with Crippen molar-refractivity contribution < 1.29 is 39.5 Å². The second-order valence-corrected chi connectivity index (χ2v) is 10.2. The zero-order valence-corrected chi connectivity index (χ0v) is 21.7. The number of anilines is 1. The molecule has 40 heavy (non-hydrogen) atoms. The highest BCUT2D eigenvalue weighted by atomic mass is 35.5. The number of nitrogens with zero attached hydrogens (tertiary/aromatic N) is 4. The molecule has 2 aromatic heterocycles. The molecule has 0 amide bonds. The molecule has 2 fully saturated rings. The van der Waals surface area contributed by atoms with Crippen LogP contribution in [0.2, 0.25) is 5.28 Å². The summed E-state index contributed by atoms with van der Waals surface area (Å²) in [6, 6.07) is 8.05. The Bertz CT molecular complexity index is 1460. The van der Waals surface area contributed by atoms with Crippen LogP contribution in [0.1, 0.15) is 24.6 Å². The van der Waals surface area contributed by atoms with Crippen LogP contribution in [0.25, 0.3) is 11.2 Å². The fourth-order valence-electron chi connectivity index (χ4n) is 4.60. The van der Waals surface area contributed by atoms with E-state index in [1.807, 2.05) is 0 Å². The van der Waals surface area contributed by atoms with E-state index >= 15 is 0 Å². The van der Waals surface area contributed by atoms with Crippen LogP contribution in [0, 0.1) is 18.3 Å². The van der Waals surface area contributed by atoms with Crippen LogP contribution < -0.4 is 5.32 Å². The van der Waals surface area contributed by atoms with Gasteiger partial charge < -0.3 is 35.2 Å². The van der Waals surface area contributed by atoms with Crippen molar-refractivity contribution in [3.05, 3.63) is 47.5 Å². The molecular formula is C26H26ClN5O8. The molecular weight excluding hydrogens is 546 g/mol. The molecule has 5 N–H and O–H groups in total. The predicted molar refractivity (Wildman–Crippen MR) is 139 cm³/mol. The van der Waals surface area contributed by atoms with Gasteiger partial charge in [0.25, 0.3) is 5.60 Å². The van der Waals surface area contributed by atoms with E-state index in [1.54, 1.807) is 30.3 Å². The highest BCUT2D eigenvalue weighted by Gasteiger charge is 2.58. The van der Waals surface area contributed by atoms with Crippen molar-refractivity contribution in [3.8, 4) is 12.3 Å². The minimum atomic E-state index is -2.73. The van der Waals surface area contributed by atoms with E-state index in [0.29, 0.717) is 29.4 Å². The van der Waals surface area contributed by atoms with E-state index in [9.17, 15) is 30.0 Å². The van der Waals surface area contributed by atoms with Crippen molar-refractivity contribution in [1.29, 1.82) is 0 Å². The van der Waals surface area contributed by atoms with Crippen molar-refractivity contribution in [2.24, 2.45) is 5.92 Å². The lowest BCUT2D eigenvalue weighted by Crippen LogP contribution is -2.55. The molecule has 3 heterocycles. The number of carboxylic acids is 2. The van der Waals surface area contributed by atoms with Gasteiger partial charge in [-0.15, -0.1) is 6.42 Å². The molecule has 1 aliphatic heterocycles. The maximum absolute atomic E-state index is 12.2. The molecule has 4 atom stereocenters. The number of imidazole rings is 1. The number of carboxylic acid groups (broad SMARTS) is 2. The van der Waals surface area contributed by atoms with Gasteiger partial charge in [-0.2, -0.15) is 9.97 Å². The largest absolute Gasteiger partial charge is 0.479 e. The van der Waals surface area contributed by atoms with Crippen molar-refractivity contribution in [3.63, 3.8) is 0 Å². The highest BCUT2D eigenvalue weighted by Crippen LogP contribution is 2.40. The van der Waals surface area contributed by atoms with Crippen molar-refractivity contribution in [2.45, 2.75) is 48.9 Å². The van der Waals surface area contributed by atoms with E-state index < -0.39 is 54.6 Å².